The third kappa shape index (κ3) is 4.35. The molecule has 0 radical (unpaired) electrons. The second kappa shape index (κ2) is 7.46. The van der Waals surface area contributed by atoms with Crippen LogP contribution in [0.3, 0.4) is 0 Å². The van der Waals surface area contributed by atoms with Crippen LogP contribution in [0, 0.1) is 0 Å². The monoisotopic (exact) mass is 341 g/mol. The Morgan fingerprint density at radius 1 is 1.45 bits per heavy atom. The summed E-state index contributed by atoms with van der Waals surface area (Å²) in [5, 5.41) is 15.9. The van der Waals surface area contributed by atoms with Crippen molar-refractivity contribution in [3.63, 3.8) is 0 Å². The van der Waals surface area contributed by atoms with Gasteiger partial charge >= 0.3 is 0 Å². The molecule has 0 aliphatic rings. The lowest BCUT2D eigenvalue weighted by atomic mass is 10.1. The minimum absolute atomic E-state index is 0.152. The summed E-state index contributed by atoms with van der Waals surface area (Å²) in [6.45, 7) is 3.96. The maximum absolute atomic E-state index is 11.9. The standard InChI is InChI=1S/C13H16ClN5O2S/c1-3-4-8(2)12-16-17-13(22-12)15-10(20)7-19-11(21)6-5-9(14)18-19/h5-6,8H,3-4,7H2,1-2H3,(H,15,17,20)/t8-/m1/s1. The number of nitrogens with one attached hydrogen (secondary N) is 1. The fourth-order valence-corrected chi connectivity index (χ4v) is 2.87. The second-order valence-electron chi connectivity index (χ2n) is 4.84. The van der Waals surface area contributed by atoms with E-state index in [4.69, 9.17) is 11.6 Å². The number of anilines is 1. The molecule has 0 bridgehead atoms. The van der Waals surface area contributed by atoms with Crippen LogP contribution in [0.25, 0.3) is 0 Å². The normalized spacial score (nSPS) is 12.1. The highest BCUT2D eigenvalue weighted by Crippen LogP contribution is 2.26. The molecule has 22 heavy (non-hydrogen) atoms. The van der Waals surface area contributed by atoms with Gasteiger partial charge in [-0.2, -0.15) is 5.10 Å². The zero-order chi connectivity index (χ0) is 16.1. The molecule has 2 aromatic heterocycles. The van der Waals surface area contributed by atoms with E-state index in [2.05, 4.69) is 34.5 Å². The maximum Gasteiger partial charge on any atom is 0.267 e. The first-order valence-corrected chi connectivity index (χ1v) is 8.06. The molecule has 0 fully saturated rings. The fourth-order valence-electron chi connectivity index (χ4n) is 1.87. The van der Waals surface area contributed by atoms with Gasteiger partial charge in [0.15, 0.2) is 0 Å². The molecule has 0 aliphatic carbocycles. The van der Waals surface area contributed by atoms with Crippen molar-refractivity contribution in [3.05, 3.63) is 32.6 Å². The summed E-state index contributed by atoms with van der Waals surface area (Å²) in [6, 6.07) is 2.64. The minimum atomic E-state index is -0.400. The SMILES string of the molecule is CCC[C@@H](C)c1nnc(NC(=O)Cn2nc(Cl)ccc2=O)s1. The van der Waals surface area contributed by atoms with Crippen molar-refractivity contribution in [1.82, 2.24) is 20.0 Å². The molecular weight excluding hydrogens is 326 g/mol. The van der Waals surface area contributed by atoms with E-state index in [1.165, 1.54) is 23.5 Å². The van der Waals surface area contributed by atoms with Crippen molar-refractivity contribution < 1.29 is 4.79 Å². The van der Waals surface area contributed by atoms with Gasteiger partial charge in [-0.3, -0.25) is 14.9 Å². The number of hydrogen-bond donors (Lipinski definition) is 1. The molecule has 0 aromatic carbocycles. The highest BCUT2D eigenvalue weighted by molar-refractivity contribution is 7.15. The molecule has 118 valence electrons. The first kappa shape index (κ1) is 16.6. The Labute approximate surface area is 136 Å². The summed E-state index contributed by atoms with van der Waals surface area (Å²) < 4.78 is 0.999. The Balaban J connectivity index is 2.00. The summed E-state index contributed by atoms with van der Waals surface area (Å²) in [5.41, 5.74) is -0.394. The molecular formula is C13H16ClN5O2S. The first-order valence-electron chi connectivity index (χ1n) is 6.86. The Morgan fingerprint density at radius 3 is 2.95 bits per heavy atom. The van der Waals surface area contributed by atoms with E-state index >= 15 is 0 Å². The van der Waals surface area contributed by atoms with Gasteiger partial charge in [0, 0.05) is 12.0 Å². The zero-order valence-corrected chi connectivity index (χ0v) is 13.8. The largest absolute Gasteiger partial charge is 0.299 e. The lowest BCUT2D eigenvalue weighted by Crippen LogP contribution is -2.29. The summed E-state index contributed by atoms with van der Waals surface area (Å²) >= 11 is 7.04. The summed E-state index contributed by atoms with van der Waals surface area (Å²) in [7, 11) is 0. The van der Waals surface area contributed by atoms with Crippen LogP contribution in [0.2, 0.25) is 5.15 Å². The van der Waals surface area contributed by atoms with Crippen LogP contribution in [-0.2, 0) is 11.3 Å². The molecule has 1 N–H and O–H groups in total. The van der Waals surface area contributed by atoms with Crippen molar-refractivity contribution in [2.24, 2.45) is 0 Å². The number of amides is 1. The molecule has 9 heteroatoms. The molecule has 2 heterocycles. The molecule has 0 unspecified atom stereocenters. The van der Waals surface area contributed by atoms with Crippen molar-refractivity contribution in [2.75, 3.05) is 5.32 Å². The van der Waals surface area contributed by atoms with E-state index in [9.17, 15) is 9.59 Å². The third-order valence-electron chi connectivity index (χ3n) is 2.96. The lowest BCUT2D eigenvalue weighted by molar-refractivity contribution is -0.117. The Bertz CT molecular complexity index is 714. The van der Waals surface area contributed by atoms with Gasteiger partial charge < -0.3 is 0 Å². The van der Waals surface area contributed by atoms with Crippen LogP contribution in [0.4, 0.5) is 5.13 Å². The van der Waals surface area contributed by atoms with Crippen molar-refractivity contribution in [3.8, 4) is 0 Å². The molecule has 2 rings (SSSR count). The van der Waals surface area contributed by atoms with Gasteiger partial charge in [-0.25, -0.2) is 4.68 Å². The van der Waals surface area contributed by atoms with Crippen LogP contribution in [0.5, 0.6) is 0 Å². The predicted octanol–water partition coefficient (Wildman–Crippen LogP) is 2.29. The van der Waals surface area contributed by atoms with Crippen LogP contribution in [-0.4, -0.2) is 25.9 Å². The van der Waals surface area contributed by atoms with Crippen LogP contribution >= 0.6 is 22.9 Å². The number of rotatable bonds is 6. The third-order valence-corrected chi connectivity index (χ3v) is 4.23. The Hall–Kier alpha value is -1.80. The van der Waals surface area contributed by atoms with Gasteiger partial charge in [-0.15, -0.1) is 10.2 Å². The van der Waals surface area contributed by atoms with Crippen LogP contribution in [0.1, 0.15) is 37.6 Å². The smallest absolute Gasteiger partial charge is 0.267 e. The van der Waals surface area contributed by atoms with Gasteiger partial charge in [0.25, 0.3) is 5.56 Å². The van der Waals surface area contributed by atoms with Gasteiger partial charge in [0.1, 0.15) is 16.7 Å². The zero-order valence-electron chi connectivity index (χ0n) is 12.2. The summed E-state index contributed by atoms with van der Waals surface area (Å²) in [4.78, 5) is 23.5. The molecule has 0 aliphatic heterocycles. The molecule has 0 spiro atoms. The number of halogens is 1. The average molecular weight is 342 g/mol. The summed E-state index contributed by atoms with van der Waals surface area (Å²) in [6.07, 6.45) is 2.08. The highest BCUT2D eigenvalue weighted by Gasteiger charge is 2.14. The number of nitrogens with zero attached hydrogens (tertiary/aromatic N) is 4. The number of carbonyl (C=O) groups excluding carboxylic acids is 1. The molecule has 1 amide bonds. The van der Waals surface area contributed by atoms with E-state index in [-0.39, 0.29) is 11.7 Å². The molecule has 1 atom stereocenters. The van der Waals surface area contributed by atoms with Crippen molar-refractivity contribution in [1.29, 1.82) is 0 Å². The van der Waals surface area contributed by atoms with Crippen molar-refractivity contribution in [2.45, 2.75) is 39.2 Å². The molecule has 0 saturated heterocycles. The van der Waals surface area contributed by atoms with Crippen LogP contribution in [0.15, 0.2) is 16.9 Å². The Kier molecular flexibility index (Phi) is 5.62. The lowest BCUT2D eigenvalue weighted by Gasteiger charge is -2.04. The van der Waals surface area contributed by atoms with Gasteiger partial charge in [0.05, 0.1) is 0 Å². The van der Waals surface area contributed by atoms with E-state index < -0.39 is 11.5 Å². The predicted molar refractivity (Wildman–Crippen MR) is 85.4 cm³/mol. The van der Waals surface area contributed by atoms with Crippen molar-refractivity contribution >= 4 is 34.0 Å². The fraction of sp³-hybridized carbons (Fsp3) is 0.462. The topological polar surface area (TPSA) is 89.8 Å². The first-order chi connectivity index (χ1) is 10.5. The van der Waals surface area contributed by atoms with Gasteiger partial charge in [0.2, 0.25) is 11.0 Å². The number of aromatic nitrogens is 4. The molecule has 0 saturated carbocycles. The quantitative estimate of drug-likeness (QED) is 0.870. The van der Waals surface area contributed by atoms with E-state index in [1.807, 2.05) is 0 Å². The molecule has 7 nitrogen and oxygen atoms in total. The van der Waals surface area contributed by atoms with E-state index in [0.29, 0.717) is 11.0 Å². The number of carbonyl (C=O) groups is 1. The molecule has 2 aromatic rings. The minimum Gasteiger partial charge on any atom is -0.299 e. The summed E-state index contributed by atoms with van der Waals surface area (Å²) in [5.74, 6) is -0.0897. The van der Waals surface area contributed by atoms with E-state index in [0.717, 1.165) is 22.5 Å². The van der Waals surface area contributed by atoms with Gasteiger partial charge in [-0.05, 0) is 12.5 Å². The Morgan fingerprint density at radius 2 is 2.23 bits per heavy atom. The average Bonchev–Trinajstić information content (AvgIpc) is 2.91. The maximum atomic E-state index is 11.9. The van der Waals surface area contributed by atoms with Gasteiger partial charge in [-0.1, -0.05) is 43.2 Å². The van der Waals surface area contributed by atoms with E-state index in [1.54, 1.807) is 0 Å². The highest BCUT2D eigenvalue weighted by atomic mass is 35.5. The second-order valence-corrected chi connectivity index (χ2v) is 6.23. The number of hydrogen-bond acceptors (Lipinski definition) is 6. The van der Waals surface area contributed by atoms with Crippen LogP contribution < -0.4 is 10.9 Å².